The van der Waals surface area contributed by atoms with Crippen LogP contribution in [0, 0.1) is 0 Å². The number of rotatable bonds is 7. The highest BCUT2D eigenvalue weighted by atomic mass is 16.8. The van der Waals surface area contributed by atoms with Crippen LogP contribution in [-0.2, 0) is 38.0 Å². The maximum Gasteiger partial charge on any atom is 0.333 e. The Bertz CT molecular complexity index is 595. The van der Waals surface area contributed by atoms with Crippen LogP contribution >= 0.6 is 0 Å². The molecule has 0 bridgehead atoms. The zero-order chi connectivity index (χ0) is 21.3. The third-order valence-corrected chi connectivity index (χ3v) is 4.22. The largest absolute Gasteiger partial charge is 0.459 e. The van der Waals surface area contributed by atoms with E-state index in [0.717, 1.165) is 0 Å². The predicted molar refractivity (Wildman–Crippen MR) is 99.2 cm³/mol. The van der Waals surface area contributed by atoms with E-state index in [1.165, 1.54) is 0 Å². The molecule has 0 aromatic carbocycles. The Morgan fingerprint density at radius 1 is 0.750 bits per heavy atom. The summed E-state index contributed by atoms with van der Waals surface area (Å²) in [6.45, 7) is 17.3. The van der Waals surface area contributed by atoms with Crippen molar-refractivity contribution in [3.63, 3.8) is 0 Å². The molecule has 2 aliphatic rings. The Morgan fingerprint density at radius 3 is 1.36 bits per heavy atom. The van der Waals surface area contributed by atoms with Crippen LogP contribution in [0.1, 0.15) is 41.5 Å². The molecule has 0 aliphatic carbocycles. The lowest BCUT2D eigenvalue weighted by atomic mass is 10.0. The van der Waals surface area contributed by atoms with Gasteiger partial charge < -0.3 is 28.4 Å². The van der Waals surface area contributed by atoms with E-state index >= 15 is 0 Å². The van der Waals surface area contributed by atoms with Crippen LogP contribution in [0.15, 0.2) is 24.3 Å². The average molecular weight is 398 g/mol. The summed E-state index contributed by atoms with van der Waals surface area (Å²) in [6.07, 6.45) is -2.35. The van der Waals surface area contributed by atoms with E-state index in [9.17, 15) is 9.59 Å². The SMILES string of the molecule is C=C(C)C(=O)OC[C@@H]1OC(C)(C)O[C@H]1[C@H]1OC(C)(C)O[C@@H]1COC(=O)C(=C)C. The van der Waals surface area contributed by atoms with Crippen molar-refractivity contribution in [3.05, 3.63) is 24.3 Å². The monoisotopic (exact) mass is 398 g/mol. The summed E-state index contributed by atoms with van der Waals surface area (Å²) < 4.78 is 34.3. The number of esters is 2. The molecule has 0 saturated carbocycles. The molecule has 0 N–H and O–H groups in total. The van der Waals surface area contributed by atoms with Crippen molar-refractivity contribution < 1.29 is 38.0 Å². The zero-order valence-electron chi connectivity index (χ0n) is 17.4. The highest BCUT2D eigenvalue weighted by Crippen LogP contribution is 2.38. The van der Waals surface area contributed by atoms with Gasteiger partial charge in [-0.25, -0.2) is 9.59 Å². The van der Waals surface area contributed by atoms with E-state index in [1.54, 1.807) is 41.5 Å². The first-order valence-corrected chi connectivity index (χ1v) is 9.18. The van der Waals surface area contributed by atoms with Gasteiger partial charge in [-0.3, -0.25) is 0 Å². The van der Waals surface area contributed by atoms with E-state index in [0.29, 0.717) is 11.1 Å². The second-order valence-corrected chi connectivity index (χ2v) is 8.03. The van der Waals surface area contributed by atoms with Crippen LogP contribution < -0.4 is 0 Å². The quantitative estimate of drug-likeness (QED) is 0.477. The molecule has 8 heteroatoms. The van der Waals surface area contributed by atoms with Crippen LogP contribution in [0.25, 0.3) is 0 Å². The maximum atomic E-state index is 11.8. The van der Waals surface area contributed by atoms with E-state index in [4.69, 9.17) is 28.4 Å². The summed E-state index contributed by atoms with van der Waals surface area (Å²) in [4.78, 5) is 23.5. The fraction of sp³-hybridized carbons (Fsp3) is 0.700. The third-order valence-electron chi connectivity index (χ3n) is 4.22. The smallest absolute Gasteiger partial charge is 0.333 e. The minimum absolute atomic E-state index is 0.0294. The lowest BCUT2D eigenvalue weighted by molar-refractivity contribution is -0.175. The second kappa shape index (κ2) is 8.32. The summed E-state index contributed by atoms with van der Waals surface area (Å²) in [5, 5.41) is 0. The lowest BCUT2D eigenvalue weighted by Crippen LogP contribution is -2.45. The molecule has 2 rings (SSSR count). The normalized spacial score (nSPS) is 30.6. The van der Waals surface area contributed by atoms with Crippen LogP contribution in [0.3, 0.4) is 0 Å². The molecule has 0 aromatic rings. The minimum atomic E-state index is -0.903. The molecule has 0 aromatic heterocycles. The molecule has 2 heterocycles. The molecule has 4 atom stereocenters. The van der Waals surface area contributed by atoms with Gasteiger partial charge in [0.2, 0.25) is 0 Å². The fourth-order valence-corrected chi connectivity index (χ4v) is 3.10. The first-order chi connectivity index (χ1) is 12.8. The van der Waals surface area contributed by atoms with Crippen molar-refractivity contribution >= 4 is 11.9 Å². The van der Waals surface area contributed by atoms with Gasteiger partial charge in [-0.1, -0.05) is 13.2 Å². The number of carbonyl (C=O) groups excluding carboxylic acids is 2. The van der Waals surface area contributed by atoms with Crippen molar-refractivity contribution in [1.82, 2.24) is 0 Å². The summed E-state index contributed by atoms with van der Waals surface area (Å²) in [5.41, 5.74) is 0.585. The van der Waals surface area contributed by atoms with E-state index in [2.05, 4.69) is 13.2 Å². The van der Waals surface area contributed by atoms with Gasteiger partial charge in [0, 0.05) is 11.1 Å². The maximum absolute atomic E-state index is 11.8. The van der Waals surface area contributed by atoms with Crippen LogP contribution in [0.4, 0.5) is 0 Å². The van der Waals surface area contributed by atoms with E-state index in [-0.39, 0.29) is 13.2 Å². The molecule has 158 valence electrons. The number of hydrogen-bond acceptors (Lipinski definition) is 8. The highest BCUT2D eigenvalue weighted by molar-refractivity contribution is 5.87. The molecular weight excluding hydrogens is 368 g/mol. The molecule has 0 amide bonds. The van der Waals surface area contributed by atoms with Gasteiger partial charge >= 0.3 is 11.9 Å². The van der Waals surface area contributed by atoms with Gasteiger partial charge in [-0.15, -0.1) is 0 Å². The van der Waals surface area contributed by atoms with Crippen LogP contribution in [0.2, 0.25) is 0 Å². The third kappa shape index (κ3) is 5.64. The van der Waals surface area contributed by atoms with Gasteiger partial charge in [0.1, 0.15) is 37.6 Å². The highest BCUT2D eigenvalue weighted by Gasteiger charge is 2.54. The molecule has 0 radical (unpaired) electrons. The first kappa shape index (κ1) is 22.5. The summed E-state index contributed by atoms with van der Waals surface area (Å²) >= 11 is 0. The Morgan fingerprint density at radius 2 is 1.07 bits per heavy atom. The Labute approximate surface area is 165 Å². The van der Waals surface area contributed by atoms with Crippen molar-refractivity contribution in [2.75, 3.05) is 13.2 Å². The molecule has 8 nitrogen and oxygen atoms in total. The van der Waals surface area contributed by atoms with Crippen molar-refractivity contribution in [1.29, 1.82) is 0 Å². The summed E-state index contributed by atoms with van der Waals surface area (Å²) in [5.74, 6) is -2.83. The summed E-state index contributed by atoms with van der Waals surface area (Å²) in [6, 6.07) is 0. The molecule has 2 fully saturated rings. The van der Waals surface area contributed by atoms with Crippen LogP contribution in [0.5, 0.6) is 0 Å². The molecule has 2 aliphatic heterocycles. The zero-order valence-corrected chi connectivity index (χ0v) is 17.4. The second-order valence-electron chi connectivity index (χ2n) is 8.03. The number of carbonyl (C=O) groups is 2. The van der Waals surface area contributed by atoms with Crippen molar-refractivity contribution in [2.24, 2.45) is 0 Å². The minimum Gasteiger partial charge on any atom is -0.459 e. The van der Waals surface area contributed by atoms with Crippen LogP contribution in [-0.4, -0.2) is 61.1 Å². The topological polar surface area (TPSA) is 89.5 Å². The molecular formula is C20H30O8. The standard InChI is InChI=1S/C20H30O8/c1-11(2)17(21)23-9-13-15(27-19(5,6)25-13)16-14(26-20(7,8)28-16)10-24-18(22)12(3)4/h13-16H,1,3,9-10H2,2,4-8H3/t13-,14+,15+,16-. The molecule has 0 spiro atoms. The van der Waals surface area contributed by atoms with Gasteiger partial charge in [0.15, 0.2) is 11.6 Å². The van der Waals surface area contributed by atoms with Gasteiger partial charge in [0.25, 0.3) is 0 Å². The number of ether oxygens (including phenoxy) is 6. The fourth-order valence-electron chi connectivity index (χ4n) is 3.10. The van der Waals surface area contributed by atoms with E-state index < -0.39 is 47.9 Å². The van der Waals surface area contributed by atoms with Gasteiger partial charge in [-0.05, 0) is 41.5 Å². The molecule has 28 heavy (non-hydrogen) atoms. The van der Waals surface area contributed by atoms with Crippen molar-refractivity contribution in [3.8, 4) is 0 Å². The van der Waals surface area contributed by atoms with Crippen molar-refractivity contribution in [2.45, 2.75) is 77.5 Å². The Kier molecular flexibility index (Phi) is 6.70. The lowest BCUT2D eigenvalue weighted by Gasteiger charge is -2.26. The number of hydrogen-bond donors (Lipinski definition) is 0. The molecule has 0 unspecified atom stereocenters. The van der Waals surface area contributed by atoms with E-state index in [1.807, 2.05) is 0 Å². The Balaban J connectivity index is 2.13. The summed E-state index contributed by atoms with van der Waals surface area (Å²) in [7, 11) is 0. The van der Waals surface area contributed by atoms with Gasteiger partial charge in [-0.2, -0.15) is 0 Å². The molecule has 2 saturated heterocycles. The van der Waals surface area contributed by atoms with Gasteiger partial charge in [0.05, 0.1) is 0 Å². The predicted octanol–water partition coefficient (Wildman–Crippen LogP) is 2.27. The Hall–Kier alpha value is -1.74. The average Bonchev–Trinajstić information content (AvgIpc) is 3.04. The first-order valence-electron chi connectivity index (χ1n) is 9.18.